The standard InChI is InChI=1S/C39H43N7O8/c1-53-38(51)27(39(52)54-2)19-31(34(41)47)44-36(49)32(16-22-10-4-3-5-11-22)46-37(50)33(18-24-21-43-30-15-9-7-13-26(24)30)45-35(48)28(40)17-23-20-42-29-14-8-6-12-25(23)29/h3-15,20-21,27-28,31-33,42-43H,16-19,40H2,1-2H3,(H2,41,47)(H,44,49)(H,45,48)(H,46,50)/t28-,31+,32-,33+/m1/s1. The number of nitrogens with one attached hydrogen (secondary N) is 5. The normalized spacial score (nSPS) is 13.4. The van der Waals surface area contributed by atoms with Crippen molar-refractivity contribution in [3.63, 3.8) is 0 Å². The summed E-state index contributed by atoms with van der Waals surface area (Å²) in [6.07, 6.45) is 3.16. The first kappa shape index (κ1) is 38.7. The molecule has 0 aliphatic rings. The van der Waals surface area contributed by atoms with Crippen molar-refractivity contribution >= 4 is 57.4 Å². The molecule has 4 amide bonds. The molecule has 0 aliphatic carbocycles. The van der Waals surface area contributed by atoms with E-state index in [1.54, 1.807) is 42.7 Å². The Hall–Kier alpha value is -6.48. The number of methoxy groups -OCH3 is 2. The molecule has 282 valence electrons. The number of hydrogen-bond acceptors (Lipinski definition) is 9. The molecule has 0 radical (unpaired) electrons. The number of aromatic amines is 2. The van der Waals surface area contributed by atoms with Gasteiger partial charge in [0.05, 0.1) is 20.3 Å². The maximum Gasteiger partial charge on any atom is 0.320 e. The molecule has 54 heavy (non-hydrogen) atoms. The third-order valence-electron chi connectivity index (χ3n) is 9.20. The van der Waals surface area contributed by atoms with Gasteiger partial charge >= 0.3 is 11.9 Å². The van der Waals surface area contributed by atoms with E-state index < -0.39 is 72.1 Å². The number of para-hydroxylation sites is 2. The fourth-order valence-corrected chi connectivity index (χ4v) is 6.30. The lowest BCUT2D eigenvalue weighted by Gasteiger charge is -2.26. The zero-order chi connectivity index (χ0) is 38.8. The zero-order valence-electron chi connectivity index (χ0n) is 29.8. The van der Waals surface area contributed by atoms with E-state index in [2.05, 4.69) is 35.4 Å². The Kier molecular flexibility index (Phi) is 12.8. The average molecular weight is 738 g/mol. The SMILES string of the molecule is COC(=O)C(C[C@H](NC(=O)[C@@H](Cc1ccccc1)NC(=O)[C@H](Cc1c[nH]c2ccccc12)NC(=O)[C@H](N)Cc1c[nH]c2ccccc12)C(N)=O)C(=O)OC. The molecule has 2 aromatic heterocycles. The van der Waals surface area contributed by atoms with Crippen LogP contribution in [0.2, 0.25) is 0 Å². The van der Waals surface area contributed by atoms with Crippen LogP contribution >= 0.6 is 0 Å². The first-order valence-electron chi connectivity index (χ1n) is 17.2. The van der Waals surface area contributed by atoms with Crippen molar-refractivity contribution in [1.29, 1.82) is 0 Å². The Bertz CT molecular complexity index is 2110. The summed E-state index contributed by atoms with van der Waals surface area (Å²) in [7, 11) is 2.12. The Morgan fingerprint density at radius 2 is 1.07 bits per heavy atom. The van der Waals surface area contributed by atoms with Crippen LogP contribution in [-0.2, 0) is 57.5 Å². The Balaban J connectivity index is 1.40. The Morgan fingerprint density at radius 3 is 1.61 bits per heavy atom. The van der Waals surface area contributed by atoms with Crippen LogP contribution < -0.4 is 27.4 Å². The number of esters is 2. The van der Waals surface area contributed by atoms with Crippen molar-refractivity contribution < 1.29 is 38.2 Å². The molecule has 0 spiro atoms. The summed E-state index contributed by atoms with van der Waals surface area (Å²) in [5, 5.41) is 9.78. The quantitative estimate of drug-likeness (QED) is 0.0537. The smallest absolute Gasteiger partial charge is 0.320 e. The third-order valence-corrected chi connectivity index (χ3v) is 9.20. The van der Waals surface area contributed by atoms with Crippen molar-refractivity contribution in [2.45, 2.75) is 49.9 Å². The molecule has 0 aliphatic heterocycles. The van der Waals surface area contributed by atoms with Gasteiger partial charge in [-0.2, -0.15) is 0 Å². The van der Waals surface area contributed by atoms with Gasteiger partial charge in [-0.15, -0.1) is 0 Å². The molecule has 5 aromatic rings. The van der Waals surface area contributed by atoms with Gasteiger partial charge in [0.15, 0.2) is 5.92 Å². The third kappa shape index (κ3) is 9.49. The second-order valence-electron chi connectivity index (χ2n) is 12.8. The highest BCUT2D eigenvalue weighted by Gasteiger charge is 2.36. The maximum atomic E-state index is 14.2. The molecule has 3 aromatic carbocycles. The lowest BCUT2D eigenvalue weighted by atomic mass is 9.98. The van der Waals surface area contributed by atoms with E-state index in [0.29, 0.717) is 5.56 Å². The molecule has 0 saturated carbocycles. The minimum absolute atomic E-state index is 0.0326. The molecule has 0 fully saturated rings. The van der Waals surface area contributed by atoms with Gasteiger partial charge in [-0.3, -0.25) is 28.8 Å². The van der Waals surface area contributed by atoms with Gasteiger partial charge in [0, 0.05) is 53.5 Å². The number of amides is 4. The van der Waals surface area contributed by atoms with Crippen LogP contribution in [0.5, 0.6) is 0 Å². The zero-order valence-corrected chi connectivity index (χ0v) is 29.8. The van der Waals surface area contributed by atoms with Crippen LogP contribution in [0.4, 0.5) is 0 Å². The van der Waals surface area contributed by atoms with Crippen molar-refractivity contribution in [2.24, 2.45) is 17.4 Å². The summed E-state index contributed by atoms with van der Waals surface area (Å²) < 4.78 is 9.37. The maximum absolute atomic E-state index is 14.2. The number of carbonyl (C=O) groups is 6. The summed E-state index contributed by atoms with van der Waals surface area (Å²) in [6, 6.07) is 18.8. The summed E-state index contributed by atoms with van der Waals surface area (Å²) in [6.45, 7) is 0. The molecule has 2 heterocycles. The second-order valence-corrected chi connectivity index (χ2v) is 12.8. The summed E-state index contributed by atoms with van der Waals surface area (Å²) in [4.78, 5) is 85.4. The van der Waals surface area contributed by atoms with Gasteiger partial charge in [0.25, 0.3) is 0 Å². The number of hydrogen-bond donors (Lipinski definition) is 7. The van der Waals surface area contributed by atoms with E-state index in [0.717, 1.165) is 47.2 Å². The van der Waals surface area contributed by atoms with E-state index in [1.807, 2.05) is 48.5 Å². The molecule has 5 rings (SSSR count). The van der Waals surface area contributed by atoms with E-state index in [1.165, 1.54) is 0 Å². The highest BCUT2D eigenvalue weighted by atomic mass is 16.5. The number of benzene rings is 3. The molecule has 15 nitrogen and oxygen atoms in total. The number of H-pyrrole nitrogens is 2. The number of primary amides is 1. The van der Waals surface area contributed by atoms with Gasteiger partial charge in [-0.25, -0.2) is 0 Å². The molecular formula is C39H43N7O8. The second kappa shape index (κ2) is 17.8. The summed E-state index contributed by atoms with van der Waals surface area (Å²) in [5.41, 5.74) is 15.9. The first-order chi connectivity index (χ1) is 26.0. The van der Waals surface area contributed by atoms with E-state index in [4.69, 9.17) is 11.5 Å². The van der Waals surface area contributed by atoms with Gasteiger partial charge < -0.3 is 46.9 Å². The lowest BCUT2D eigenvalue weighted by Crippen LogP contribution is -2.59. The number of fused-ring (bicyclic) bond motifs is 2. The molecular weight excluding hydrogens is 694 g/mol. The topological polar surface area (TPSA) is 241 Å². The predicted molar refractivity (Wildman–Crippen MR) is 199 cm³/mol. The van der Waals surface area contributed by atoms with Gasteiger partial charge in [-0.05, 0) is 35.2 Å². The number of rotatable bonds is 17. The number of ether oxygens (including phenoxy) is 2. The van der Waals surface area contributed by atoms with E-state index in [-0.39, 0.29) is 19.3 Å². The first-order valence-corrected chi connectivity index (χ1v) is 17.2. The van der Waals surface area contributed by atoms with Crippen molar-refractivity contribution in [3.05, 3.63) is 108 Å². The Labute approximate surface area is 310 Å². The minimum atomic E-state index is -1.57. The van der Waals surface area contributed by atoms with Crippen molar-refractivity contribution in [1.82, 2.24) is 25.9 Å². The number of nitrogens with two attached hydrogens (primary N) is 2. The van der Waals surface area contributed by atoms with Gasteiger partial charge in [0.2, 0.25) is 23.6 Å². The van der Waals surface area contributed by atoms with E-state index >= 15 is 0 Å². The highest BCUT2D eigenvalue weighted by Crippen LogP contribution is 2.21. The van der Waals surface area contributed by atoms with Crippen LogP contribution in [0.3, 0.4) is 0 Å². The fourth-order valence-electron chi connectivity index (χ4n) is 6.30. The molecule has 15 heteroatoms. The molecule has 9 N–H and O–H groups in total. The molecule has 0 unspecified atom stereocenters. The van der Waals surface area contributed by atoms with Crippen LogP contribution in [-0.4, -0.2) is 83.9 Å². The lowest BCUT2D eigenvalue weighted by molar-refractivity contribution is -0.159. The molecule has 4 atom stereocenters. The van der Waals surface area contributed by atoms with E-state index in [9.17, 15) is 28.8 Å². The summed E-state index contributed by atoms with van der Waals surface area (Å²) in [5.74, 6) is -6.72. The molecule has 0 bridgehead atoms. The monoisotopic (exact) mass is 737 g/mol. The number of carbonyl (C=O) groups excluding carboxylic acids is 6. The van der Waals surface area contributed by atoms with Crippen LogP contribution in [0.1, 0.15) is 23.1 Å². The van der Waals surface area contributed by atoms with Gasteiger partial charge in [0.1, 0.15) is 18.1 Å². The largest absolute Gasteiger partial charge is 0.468 e. The van der Waals surface area contributed by atoms with Gasteiger partial charge in [-0.1, -0.05) is 66.7 Å². The number of aromatic nitrogens is 2. The summed E-state index contributed by atoms with van der Waals surface area (Å²) >= 11 is 0. The Morgan fingerprint density at radius 1 is 0.611 bits per heavy atom. The highest BCUT2D eigenvalue weighted by molar-refractivity contribution is 5.98. The van der Waals surface area contributed by atoms with Crippen LogP contribution in [0, 0.1) is 5.92 Å². The van der Waals surface area contributed by atoms with Crippen molar-refractivity contribution in [2.75, 3.05) is 14.2 Å². The van der Waals surface area contributed by atoms with Crippen LogP contribution in [0.25, 0.3) is 21.8 Å². The fraction of sp³-hybridized carbons (Fsp3) is 0.282. The van der Waals surface area contributed by atoms with Crippen LogP contribution in [0.15, 0.2) is 91.3 Å². The predicted octanol–water partition coefficient (Wildman–Crippen LogP) is 1.30. The average Bonchev–Trinajstić information content (AvgIpc) is 3.79. The molecule has 0 saturated heterocycles. The van der Waals surface area contributed by atoms with Crippen molar-refractivity contribution in [3.8, 4) is 0 Å². The minimum Gasteiger partial charge on any atom is -0.468 e.